The van der Waals surface area contributed by atoms with Crippen LogP contribution in [0.3, 0.4) is 0 Å². The van der Waals surface area contributed by atoms with Gasteiger partial charge in [0.2, 0.25) is 0 Å². The first-order valence-electron chi connectivity index (χ1n) is 3.80. The lowest BCUT2D eigenvalue weighted by molar-refractivity contribution is -0.107. The van der Waals surface area contributed by atoms with Gasteiger partial charge in [-0.1, -0.05) is 6.07 Å². The second kappa shape index (κ2) is 2.81. The molecule has 2 aromatic rings. The van der Waals surface area contributed by atoms with Crippen molar-refractivity contribution in [3.63, 3.8) is 0 Å². The largest absolute Gasteiger partial charge is 0.464 e. The number of carbonyl (C=O) groups is 1. The van der Waals surface area contributed by atoms with Gasteiger partial charge in [-0.25, -0.2) is 0 Å². The van der Waals surface area contributed by atoms with E-state index in [1.807, 2.05) is 24.3 Å². The Kier molecular flexibility index (Phi) is 1.67. The second-order valence-electron chi connectivity index (χ2n) is 2.66. The third kappa shape index (κ3) is 1.11. The Labute approximate surface area is 69.8 Å². The van der Waals surface area contributed by atoms with Gasteiger partial charge < -0.3 is 9.21 Å². The molecule has 0 aliphatic carbocycles. The molecule has 0 radical (unpaired) electrons. The SMILES string of the molecule is O=CCc1ccc2occc2c1. The minimum atomic E-state index is 0.473. The minimum absolute atomic E-state index is 0.473. The van der Waals surface area contributed by atoms with Crippen LogP contribution in [-0.2, 0) is 11.2 Å². The van der Waals surface area contributed by atoms with Crippen molar-refractivity contribution in [1.29, 1.82) is 0 Å². The third-order valence-corrected chi connectivity index (χ3v) is 1.84. The van der Waals surface area contributed by atoms with E-state index in [-0.39, 0.29) is 0 Å². The molecule has 0 N–H and O–H groups in total. The van der Waals surface area contributed by atoms with Crippen LogP contribution in [0.4, 0.5) is 0 Å². The molecule has 1 aromatic carbocycles. The van der Waals surface area contributed by atoms with Crippen LogP contribution in [0.2, 0.25) is 0 Å². The maximum atomic E-state index is 10.2. The average molecular weight is 160 g/mol. The smallest absolute Gasteiger partial charge is 0.133 e. The maximum absolute atomic E-state index is 10.2. The Morgan fingerprint density at radius 1 is 1.33 bits per heavy atom. The van der Waals surface area contributed by atoms with Crippen molar-refractivity contribution in [1.82, 2.24) is 0 Å². The van der Waals surface area contributed by atoms with Gasteiger partial charge in [0, 0.05) is 11.8 Å². The summed E-state index contributed by atoms with van der Waals surface area (Å²) in [5.74, 6) is 0. The van der Waals surface area contributed by atoms with E-state index in [1.54, 1.807) is 6.26 Å². The highest BCUT2D eigenvalue weighted by molar-refractivity contribution is 5.78. The van der Waals surface area contributed by atoms with Crippen molar-refractivity contribution >= 4 is 17.3 Å². The normalized spacial score (nSPS) is 10.3. The van der Waals surface area contributed by atoms with Crippen LogP contribution in [0.25, 0.3) is 11.0 Å². The number of furan rings is 1. The van der Waals surface area contributed by atoms with Gasteiger partial charge in [-0.15, -0.1) is 0 Å². The summed E-state index contributed by atoms with van der Waals surface area (Å²) in [6.07, 6.45) is 3.03. The van der Waals surface area contributed by atoms with E-state index in [1.165, 1.54) is 0 Å². The van der Waals surface area contributed by atoms with Gasteiger partial charge in [-0.05, 0) is 23.8 Å². The summed E-state index contributed by atoms with van der Waals surface area (Å²) in [5, 5.41) is 1.05. The molecule has 0 aliphatic heterocycles. The zero-order valence-corrected chi connectivity index (χ0v) is 6.49. The number of carbonyl (C=O) groups excluding carboxylic acids is 1. The van der Waals surface area contributed by atoms with Crippen molar-refractivity contribution < 1.29 is 9.21 Å². The quantitative estimate of drug-likeness (QED) is 0.630. The van der Waals surface area contributed by atoms with Crippen molar-refractivity contribution in [2.24, 2.45) is 0 Å². The lowest BCUT2D eigenvalue weighted by atomic mass is 10.1. The highest BCUT2D eigenvalue weighted by Crippen LogP contribution is 2.16. The van der Waals surface area contributed by atoms with E-state index >= 15 is 0 Å². The molecule has 0 fully saturated rings. The third-order valence-electron chi connectivity index (χ3n) is 1.84. The standard InChI is InChI=1S/C10H8O2/c11-5-3-8-1-2-10-9(7-8)4-6-12-10/h1-2,4-7H,3H2. The molecule has 1 heterocycles. The van der Waals surface area contributed by atoms with E-state index < -0.39 is 0 Å². The fraction of sp³-hybridized carbons (Fsp3) is 0.100. The molecular formula is C10H8O2. The Morgan fingerprint density at radius 3 is 3.08 bits per heavy atom. The van der Waals surface area contributed by atoms with Crippen LogP contribution in [0.5, 0.6) is 0 Å². The minimum Gasteiger partial charge on any atom is -0.464 e. The lowest BCUT2D eigenvalue weighted by Gasteiger charge is -1.93. The number of aldehydes is 1. The molecule has 0 amide bonds. The summed E-state index contributed by atoms with van der Waals surface area (Å²) < 4.78 is 5.16. The van der Waals surface area contributed by atoms with Crippen LogP contribution < -0.4 is 0 Å². The number of fused-ring (bicyclic) bond motifs is 1. The van der Waals surface area contributed by atoms with E-state index in [4.69, 9.17) is 4.42 Å². The molecule has 2 rings (SSSR count). The molecule has 0 bridgehead atoms. The fourth-order valence-corrected chi connectivity index (χ4v) is 1.24. The Bertz CT molecular complexity index is 401. The van der Waals surface area contributed by atoms with E-state index in [0.717, 1.165) is 22.8 Å². The maximum Gasteiger partial charge on any atom is 0.133 e. The van der Waals surface area contributed by atoms with E-state index in [0.29, 0.717) is 6.42 Å². The predicted octanol–water partition coefficient (Wildman–Crippen LogP) is 2.17. The van der Waals surface area contributed by atoms with Gasteiger partial charge in [-0.2, -0.15) is 0 Å². The van der Waals surface area contributed by atoms with Crippen LogP contribution in [0.15, 0.2) is 34.9 Å². The van der Waals surface area contributed by atoms with Crippen molar-refractivity contribution in [2.45, 2.75) is 6.42 Å². The average Bonchev–Trinajstić information content (AvgIpc) is 2.51. The molecule has 0 spiro atoms. The molecule has 0 aliphatic rings. The molecule has 2 heteroatoms. The van der Waals surface area contributed by atoms with Gasteiger partial charge in [0.05, 0.1) is 6.26 Å². The zero-order chi connectivity index (χ0) is 8.39. The number of benzene rings is 1. The van der Waals surface area contributed by atoms with Crippen LogP contribution in [0.1, 0.15) is 5.56 Å². The first-order valence-corrected chi connectivity index (χ1v) is 3.80. The summed E-state index contributed by atoms with van der Waals surface area (Å²) in [5.41, 5.74) is 1.89. The van der Waals surface area contributed by atoms with Crippen molar-refractivity contribution in [3.05, 3.63) is 36.1 Å². The monoisotopic (exact) mass is 160 g/mol. The number of hydrogen-bond acceptors (Lipinski definition) is 2. The highest BCUT2D eigenvalue weighted by atomic mass is 16.3. The summed E-state index contributed by atoms with van der Waals surface area (Å²) >= 11 is 0. The van der Waals surface area contributed by atoms with Gasteiger partial charge >= 0.3 is 0 Å². The highest BCUT2D eigenvalue weighted by Gasteiger charge is 1.97. The molecule has 0 saturated heterocycles. The van der Waals surface area contributed by atoms with Gasteiger partial charge in [0.25, 0.3) is 0 Å². The van der Waals surface area contributed by atoms with Crippen LogP contribution in [-0.4, -0.2) is 6.29 Å². The van der Waals surface area contributed by atoms with Gasteiger partial charge in [-0.3, -0.25) is 0 Å². The van der Waals surface area contributed by atoms with E-state index in [9.17, 15) is 4.79 Å². The van der Waals surface area contributed by atoms with Crippen LogP contribution in [0, 0.1) is 0 Å². The van der Waals surface area contributed by atoms with Crippen molar-refractivity contribution in [2.75, 3.05) is 0 Å². The number of rotatable bonds is 2. The molecule has 12 heavy (non-hydrogen) atoms. The first kappa shape index (κ1) is 7.10. The number of hydrogen-bond donors (Lipinski definition) is 0. The van der Waals surface area contributed by atoms with Crippen LogP contribution >= 0.6 is 0 Å². The topological polar surface area (TPSA) is 30.2 Å². The second-order valence-corrected chi connectivity index (χ2v) is 2.66. The Hall–Kier alpha value is -1.57. The predicted molar refractivity (Wildman–Crippen MR) is 46.0 cm³/mol. The molecule has 2 nitrogen and oxygen atoms in total. The zero-order valence-electron chi connectivity index (χ0n) is 6.49. The van der Waals surface area contributed by atoms with Gasteiger partial charge in [0.15, 0.2) is 0 Å². The molecule has 0 saturated carbocycles. The molecule has 60 valence electrons. The Morgan fingerprint density at radius 2 is 2.25 bits per heavy atom. The molecule has 1 aromatic heterocycles. The summed E-state index contributed by atoms with van der Waals surface area (Å²) in [7, 11) is 0. The summed E-state index contributed by atoms with van der Waals surface area (Å²) in [6.45, 7) is 0. The first-order chi connectivity index (χ1) is 5.90. The van der Waals surface area contributed by atoms with Crippen molar-refractivity contribution in [3.8, 4) is 0 Å². The summed E-state index contributed by atoms with van der Waals surface area (Å²) in [4.78, 5) is 10.2. The Balaban J connectivity index is 2.52. The summed E-state index contributed by atoms with van der Waals surface area (Å²) in [6, 6.07) is 7.64. The van der Waals surface area contributed by atoms with Gasteiger partial charge in [0.1, 0.15) is 11.9 Å². The molecule has 0 unspecified atom stereocenters. The lowest BCUT2D eigenvalue weighted by Crippen LogP contribution is -1.83. The fourth-order valence-electron chi connectivity index (χ4n) is 1.24. The molecular weight excluding hydrogens is 152 g/mol. The van der Waals surface area contributed by atoms with E-state index in [2.05, 4.69) is 0 Å². The molecule has 0 atom stereocenters.